The Balaban J connectivity index is 2.37. The summed E-state index contributed by atoms with van der Waals surface area (Å²) in [6.45, 7) is 5.74. The van der Waals surface area contributed by atoms with Gasteiger partial charge in [-0.15, -0.1) is 0 Å². The van der Waals surface area contributed by atoms with Gasteiger partial charge in [0.25, 0.3) is 11.5 Å². The molecule has 2 amide bonds. The number of hydrogen-bond donors (Lipinski definition) is 3. The van der Waals surface area contributed by atoms with Crippen LogP contribution in [0.4, 0.5) is 11.5 Å². The Hall–Kier alpha value is -2.61. The van der Waals surface area contributed by atoms with Gasteiger partial charge in [0.05, 0.1) is 0 Å². The molecule has 0 unspecified atom stereocenters. The summed E-state index contributed by atoms with van der Waals surface area (Å²) in [6, 6.07) is 8.51. The molecule has 1 aromatic heterocycles. The Morgan fingerprint density at radius 1 is 1.19 bits per heavy atom. The number of nitrogens with one attached hydrogen (secondary N) is 3. The molecule has 1 atom stereocenters. The van der Waals surface area contributed by atoms with Crippen LogP contribution in [0.2, 0.25) is 0 Å². The second-order valence-corrected chi connectivity index (χ2v) is 7.08. The van der Waals surface area contributed by atoms with Crippen molar-refractivity contribution in [2.75, 3.05) is 10.6 Å². The second kappa shape index (κ2) is 9.19. The van der Waals surface area contributed by atoms with E-state index < -0.39 is 11.5 Å². The zero-order valence-corrected chi connectivity index (χ0v) is 15.8. The molecule has 138 valence electrons. The van der Waals surface area contributed by atoms with E-state index in [0.29, 0.717) is 10.7 Å². The first-order valence-electron chi connectivity index (χ1n) is 8.41. The van der Waals surface area contributed by atoms with E-state index >= 15 is 0 Å². The summed E-state index contributed by atoms with van der Waals surface area (Å²) in [5, 5.41) is 5.79. The smallest absolute Gasteiger partial charge is 0.277 e. The maximum Gasteiger partial charge on any atom is 0.277 e. The number of aromatic amines is 1. The van der Waals surface area contributed by atoms with Crippen LogP contribution in [0.5, 0.6) is 0 Å². The summed E-state index contributed by atoms with van der Waals surface area (Å²) < 4.78 is 0. The van der Waals surface area contributed by atoms with Crippen LogP contribution in [0.3, 0.4) is 0 Å². The van der Waals surface area contributed by atoms with Crippen molar-refractivity contribution in [1.82, 2.24) is 9.97 Å². The number of H-pyrrole nitrogens is 1. The summed E-state index contributed by atoms with van der Waals surface area (Å²) in [5.41, 5.74) is -0.187. The van der Waals surface area contributed by atoms with Crippen LogP contribution in [0, 0.1) is 0 Å². The van der Waals surface area contributed by atoms with Crippen LogP contribution in [0.15, 0.2) is 40.3 Å². The van der Waals surface area contributed by atoms with Crippen molar-refractivity contribution in [1.29, 1.82) is 0 Å². The highest BCUT2D eigenvalue weighted by Crippen LogP contribution is 2.24. The molecule has 0 fully saturated rings. The van der Waals surface area contributed by atoms with Gasteiger partial charge < -0.3 is 10.6 Å². The van der Waals surface area contributed by atoms with E-state index in [1.807, 2.05) is 13.8 Å². The lowest BCUT2D eigenvalue weighted by molar-refractivity contribution is -0.115. The zero-order valence-electron chi connectivity index (χ0n) is 15.0. The number of aromatic nitrogens is 2. The van der Waals surface area contributed by atoms with E-state index in [2.05, 4.69) is 20.6 Å². The molecule has 0 radical (unpaired) electrons. The van der Waals surface area contributed by atoms with Gasteiger partial charge in [-0.2, -0.15) is 0 Å². The largest absolute Gasteiger partial charge is 0.314 e. The number of nitrogens with zero attached hydrogens (tertiary/aromatic N) is 1. The van der Waals surface area contributed by atoms with E-state index in [-0.39, 0.29) is 29.1 Å². The normalized spacial score (nSPS) is 11.7. The molecular weight excluding hydrogens is 352 g/mol. The standard InChI is InChI=1S/C18H22N4O3S/c1-4-11(3)26-18-21-15(19-13(23)5-2)14(17(25)22-18)20-16(24)12-9-7-6-8-10-12/h6-11H,4-5H2,1-3H3,(H,20,24)(H2,19,21,22,23,25)/t11-/m0/s1. The van der Waals surface area contributed by atoms with Crippen molar-refractivity contribution in [3.8, 4) is 0 Å². The molecule has 3 N–H and O–H groups in total. The third kappa shape index (κ3) is 5.19. The molecule has 1 aromatic carbocycles. The number of thioether (sulfide) groups is 1. The number of hydrogen-bond acceptors (Lipinski definition) is 5. The number of carbonyl (C=O) groups is 2. The first-order chi connectivity index (χ1) is 12.4. The molecule has 1 heterocycles. The quantitative estimate of drug-likeness (QED) is 0.510. The Bertz CT molecular complexity index is 836. The predicted molar refractivity (Wildman–Crippen MR) is 104 cm³/mol. The maximum atomic E-state index is 12.5. The lowest BCUT2D eigenvalue weighted by Gasteiger charge is -2.13. The van der Waals surface area contributed by atoms with Crippen molar-refractivity contribution >= 4 is 35.1 Å². The summed E-state index contributed by atoms with van der Waals surface area (Å²) >= 11 is 1.40. The van der Waals surface area contributed by atoms with Gasteiger partial charge in [0, 0.05) is 17.2 Å². The van der Waals surface area contributed by atoms with Crippen molar-refractivity contribution in [2.24, 2.45) is 0 Å². The predicted octanol–water partition coefficient (Wildman–Crippen LogP) is 3.26. The van der Waals surface area contributed by atoms with E-state index in [4.69, 9.17) is 0 Å². The molecule has 2 rings (SSSR count). The molecule has 0 bridgehead atoms. The van der Waals surface area contributed by atoms with Gasteiger partial charge in [-0.05, 0) is 18.6 Å². The average molecular weight is 374 g/mol. The minimum atomic E-state index is -0.513. The molecular formula is C18H22N4O3S. The molecule has 8 heteroatoms. The first kappa shape index (κ1) is 19.7. The molecule has 2 aromatic rings. The van der Waals surface area contributed by atoms with Crippen LogP contribution >= 0.6 is 11.8 Å². The zero-order chi connectivity index (χ0) is 19.1. The lowest BCUT2D eigenvalue weighted by Crippen LogP contribution is -2.25. The highest BCUT2D eigenvalue weighted by molar-refractivity contribution is 7.99. The van der Waals surface area contributed by atoms with E-state index in [0.717, 1.165) is 6.42 Å². The Morgan fingerprint density at radius 3 is 2.50 bits per heavy atom. The molecule has 7 nitrogen and oxygen atoms in total. The Kier molecular flexibility index (Phi) is 6.97. The van der Waals surface area contributed by atoms with Crippen molar-refractivity contribution in [2.45, 2.75) is 44.0 Å². The molecule has 0 aliphatic rings. The summed E-state index contributed by atoms with van der Waals surface area (Å²) in [7, 11) is 0. The fraction of sp³-hybridized carbons (Fsp3) is 0.333. The van der Waals surface area contributed by atoms with Crippen LogP contribution < -0.4 is 16.2 Å². The summed E-state index contributed by atoms with van der Waals surface area (Å²) in [5.74, 6) is -0.694. The number of amides is 2. The summed E-state index contributed by atoms with van der Waals surface area (Å²) in [4.78, 5) is 43.6. The van der Waals surface area contributed by atoms with Gasteiger partial charge >= 0.3 is 0 Å². The monoisotopic (exact) mass is 374 g/mol. The SMILES string of the molecule is CCC(=O)Nc1nc(S[C@@H](C)CC)[nH]c(=O)c1NC(=O)c1ccccc1. The fourth-order valence-corrected chi connectivity index (χ4v) is 2.83. The van der Waals surface area contributed by atoms with Crippen molar-refractivity contribution < 1.29 is 9.59 Å². The number of benzene rings is 1. The molecule has 0 saturated carbocycles. The minimum absolute atomic E-state index is 0.0516. The lowest BCUT2D eigenvalue weighted by atomic mass is 10.2. The molecule has 26 heavy (non-hydrogen) atoms. The molecule has 0 saturated heterocycles. The molecule has 0 spiro atoms. The third-order valence-electron chi connectivity index (χ3n) is 3.64. The number of carbonyl (C=O) groups excluding carboxylic acids is 2. The van der Waals surface area contributed by atoms with Crippen LogP contribution in [0.25, 0.3) is 0 Å². The van der Waals surface area contributed by atoms with Crippen molar-refractivity contribution in [3.63, 3.8) is 0 Å². The first-order valence-corrected chi connectivity index (χ1v) is 9.29. The van der Waals surface area contributed by atoms with E-state index in [9.17, 15) is 14.4 Å². The van der Waals surface area contributed by atoms with Gasteiger partial charge in [-0.1, -0.05) is 50.7 Å². The van der Waals surface area contributed by atoms with Gasteiger partial charge in [0.2, 0.25) is 5.91 Å². The van der Waals surface area contributed by atoms with Crippen LogP contribution in [-0.4, -0.2) is 27.0 Å². The number of anilines is 2. The highest BCUT2D eigenvalue weighted by atomic mass is 32.2. The topological polar surface area (TPSA) is 104 Å². The van der Waals surface area contributed by atoms with Crippen LogP contribution in [0.1, 0.15) is 44.0 Å². The van der Waals surface area contributed by atoms with Crippen LogP contribution in [-0.2, 0) is 4.79 Å². The second-order valence-electron chi connectivity index (χ2n) is 5.65. The van der Waals surface area contributed by atoms with Gasteiger partial charge in [-0.3, -0.25) is 19.4 Å². The summed E-state index contributed by atoms with van der Waals surface area (Å²) in [6.07, 6.45) is 1.13. The number of rotatable bonds is 7. The molecule has 0 aliphatic heterocycles. The highest BCUT2D eigenvalue weighted by Gasteiger charge is 2.18. The van der Waals surface area contributed by atoms with E-state index in [1.165, 1.54) is 11.8 Å². The Labute approximate surface area is 156 Å². The van der Waals surface area contributed by atoms with Gasteiger partial charge in [0.15, 0.2) is 16.7 Å². The fourth-order valence-electron chi connectivity index (χ4n) is 1.98. The van der Waals surface area contributed by atoms with Crippen molar-refractivity contribution in [3.05, 3.63) is 46.2 Å². The average Bonchev–Trinajstić information content (AvgIpc) is 2.64. The van der Waals surface area contributed by atoms with Gasteiger partial charge in [0.1, 0.15) is 0 Å². The minimum Gasteiger partial charge on any atom is -0.314 e. The van der Waals surface area contributed by atoms with Gasteiger partial charge in [-0.25, -0.2) is 4.98 Å². The maximum absolute atomic E-state index is 12.5. The Morgan fingerprint density at radius 2 is 1.88 bits per heavy atom. The third-order valence-corrected chi connectivity index (χ3v) is 4.79. The van der Waals surface area contributed by atoms with E-state index in [1.54, 1.807) is 37.3 Å². The molecule has 0 aliphatic carbocycles.